The molecule has 1 spiro atoms. The second kappa shape index (κ2) is 9.70. The van der Waals surface area contributed by atoms with E-state index in [2.05, 4.69) is 5.32 Å². The van der Waals surface area contributed by atoms with Gasteiger partial charge in [-0.15, -0.1) is 0 Å². The van der Waals surface area contributed by atoms with Gasteiger partial charge in [0, 0.05) is 31.7 Å². The van der Waals surface area contributed by atoms with Crippen LogP contribution in [0.4, 0.5) is 0 Å². The van der Waals surface area contributed by atoms with Gasteiger partial charge in [0.1, 0.15) is 0 Å². The first-order chi connectivity index (χ1) is 16.1. The summed E-state index contributed by atoms with van der Waals surface area (Å²) in [6, 6.07) is 5.31. The first-order valence-electron chi connectivity index (χ1n) is 12.0. The highest BCUT2D eigenvalue weighted by atomic mass is 35.5. The summed E-state index contributed by atoms with van der Waals surface area (Å²) in [5.74, 6) is -0.476. The van der Waals surface area contributed by atoms with Crippen LogP contribution in [0.3, 0.4) is 0 Å². The number of aryl methyl sites for hydroxylation is 2. The van der Waals surface area contributed by atoms with Crippen molar-refractivity contribution in [1.82, 2.24) is 15.1 Å². The molecule has 0 aliphatic carbocycles. The molecular formula is C26H34ClN3O4. The third-order valence-electron chi connectivity index (χ3n) is 6.93. The summed E-state index contributed by atoms with van der Waals surface area (Å²) in [4.78, 5) is 25.7. The van der Waals surface area contributed by atoms with Gasteiger partial charge in [-0.1, -0.05) is 44.0 Å². The Morgan fingerprint density at radius 2 is 2.06 bits per heavy atom. The largest absolute Gasteiger partial charge is 0.461 e. The van der Waals surface area contributed by atoms with Crippen LogP contribution >= 0.6 is 11.6 Å². The number of carbonyl (C=O) groups excluding carboxylic acids is 2. The van der Waals surface area contributed by atoms with Gasteiger partial charge in [0.15, 0.2) is 0 Å². The summed E-state index contributed by atoms with van der Waals surface area (Å²) in [5.41, 5.74) is 3.41. The standard InChI is InChI=1S/C26H34ClN3O4/c1-5-20-22-21(13-26(14-28-23(22)31)8-10-33-11-9-26)30(29-20)15-25(3,4)16-34-24(32)18-12-17(2)6-7-19(18)27/h6-7,12H,5,8-11,13-16H2,1-4H3,(H,28,31). The number of hydrogen-bond acceptors (Lipinski definition) is 5. The van der Waals surface area contributed by atoms with E-state index >= 15 is 0 Å². The lowest BCUT2D eigenvalue weighted by molar-refractivity contribution is 0.0145. The number of carbonyl (C=O) groups is 2. The van der Waals surface area contributed by atoms with Crippen LogP contribution in [-0.2, 0) is 28.9 Å². The molecule has 3 heterocycles. The Labute approximate surface area is 206 Å². The maximum Gasteiger partial charge on any atom is 0.339 e. The van der Waals surface area contributed by atoms with Gasteiger partial charge >= 0.3 is 5.97 Å². The normalized spacial score (nSPS) is 17.7. The van der Waals surface area contributed by atoms with Crippen molar-refractivity contribution in [2.24, 2.45) is 10.8 Å². The molecule has 2 aromatic rings. The molecule has 1 N–H and O–H groups in total. The number of aromatic nitrogens is 2. The van der Waals surface area contributed by atoms with Crippen LogP contribution in [0.25, 0.3) is 0 Å². The van der Waals surface area contributed by atoms with E-state index in [9.17, 15) is 9.59 Å². The number of halogens is 1. The Morgan fingerprint density at radius 1 is 1.32 bits per heavy atom. The number of nitrogens with one attached hydrogen (secondary N) is 1. The van der Waals surface area contributed by atoms with Crippen molar-refractivity contribution in [3.05, 3.63) is 51.3 Å². The molecule has 1 saturated heterocycles. The van der Waals surface area contributed by atoms with E-state index in [1.165, 1.54) is 0 Å². The fourth-order valence-corrected chi connectivity index (χ4v) is 5.08. The molecule has 1 fully saturated rings. The van der Waals surface area contributed by atoms with E-state index in [-0.39, 0.29) is 17.9 Å². The molecule has 0 radical (unpaired) electrons. The number of amides is 1. The lowest BCUT2D eigenvalue weighted by atomic mass is 9.76. The van der Waals surface area contributed by atoms with Crippen LogP contribution in [-0.4, -0.2) is 48.0 Å². The highest BCUT2D eigenvalue weighted by Gasteiger charge is 2.40. The van der Waals surface area contributed by atoms with Crippen molar-refractivity contribution in [1.29, 1.82) is 0 Å². The molecule has 184 valence electrons. The lowest BCUT2D eigenvalue weighted by Gasteiger charge is -2.36. The van der Waals surface area contributed by atoms with E-state index in [1.807, 2.05) is 38.4 Å². The van der Waals surface area contributed by atoms with Crippen molar-refractivity contribution in [3.63, 3.8) is 0 Å². The number of nitrogens with zero attached hydrogens (tertiary/aromatic N) is 2. The Kier molecular flexibility index (Phi) is 7.06. The van der Waals surface area contributed by atoms with Crippen LogP contribution < -0.4 is 5.32 Å². The smallest absolute Gasteiger partial charge is 0.339 e. The predicted octanol–water partition coefficient (Wildman–Crippen LogP) is 4.37. The van der Waals surface area contributed by atoms with Crippen molar-refractivity contribution in [2.75, 3.05) is 26.4 Å². The molecule has 7 nitrogen and oxygen atoms in total. The zero-order valence-electron chi connectivity index (χ0n) is 20.5. The average Bonchev–Trinajstić information content (AvgIpc) is 3.06. The number of hydrogen-bond donors (Lipinski definition) is 1. The van der Waals surface area contributed by atoms with Crippen molar-refractivity contribution in [3.8, 4) is 0 Å². The first-order valence-corrected chi connectivity index (χ1v) is 12.4. The third kappa shape index (κ3) is 5.15. The van der Waals surface area contributed by atoms with Gasteiger partial charge in [-0.25, -0.2) is 4.79 Å². The number of esters is 1. The molecule has 0 saturated carbocycles. The molecule has 1 aromatic heterocycles. The topological polar surface area (TPSA) is 82.5 Å². The molecular weight excluding hydrogens is 454 g/mol. The van der Waals surface area contributed by atoms with Crippen LogP contribution in [0.2, 0.25) is 5.02 Å². The maximum atomic E-state index is 13.0. The lowest BCUT2D eigenvalue weighted by Crippen LogP contribution is -2.41. The fraction of sp³-hybridized carbons (Fsp3) is 0.577. The van der Waals surface area contributed by atoms with Gasteiger partial charge in [-0.3, -0.25) is 9.48 Å². The Hall–Kier alpha value is -2.38. The molecule has 1 aromatic carbocycles. The summed E-state index contributed by atoms with van der Waals surface area (Å²) in [6.45, 7) is 10.8. The van der Waals surface area contributed by atoms with Gasteiger partial charge in [0.25, 0.3) is 5.91 Å². The molecule has 1 amide bonds. The first kappa shape index (κ1) is 24.7. The SMILES string of the molecule is CCc1nn(CC(C)(C)COC(=O)c2cc(C)ccc2Cl)c2c1C(=O)NCC1(CCOCC1)C2. The molecule has 0 atom stereocenters. The molecule has 0 bridgehead atoms. The number of benzene rings is 1. The van der Waals surface area contributed by atoms with E-state index < -0.39 is 11.4 Å². The second-order valence-electron chi connectivity index (χ2n) is 10.5. The molecule has 4 rings (SSSR count). The van der Waals surface area contributed by atoms with Gasteiger partial charge in [-0.2, -0.15) is 5.10 Å². The highest BCUT2D eigenvalue weighted by molar-refractivity contribution is 6.33. The van der Waals surface area contributed by atoms with Crippen LogP contribution in [0, 0.1) is 17.8 Å². The third-order valence-corrected chi connectivity index (χ3v) is 7.26. The van der Waals surface area contributed by atoms with E-state index in [0.717, 1.165) is 36.2 Å². The van der Waals surface area contributed by atoms with Gasteiger partial charge in [0.2, 0.25) is 0 Å². The van der Waals surface area contributed by atoms with E-state index in [4.69, 9.17) is 26.2 Å². The zero-order valence-corrected chi connectivity index (χ0v) is 21.3. The van der Waals surface area contributed by atoms with Crippen molar-refractivity contribution in [2.45, 2.75) is 59.9 Å². The molecule has 0 unspecified atom stereocenters. The predicted molar refractivity (Wildman–Crippen MR) is 130 cm³/mol. The summed E-state index contributed by atoms with van der Waals surface area (Å²) in [6.07, 6.45) is 3.29. The summed E-state index contributed by atoms with van der Waals surface area (Å²) < 4.78 is 13.3. The van der Waals surface area contributed by atoms with Gasteiger partial charge < -0.3 is 14.8 Å². The Balaban J connectivity index is 1.55. The van der Waals surface area contributed by atoms with Crippen molar-refractivity contribution >= 4 is 23.5 Å². The minimum Gasteiger partial charge on any atom is -0.461 e. The minimum absolute atomic E-state index is 0.0134. The second-order valence-corrected chi connectivity index (χ2v) is 10.9. The van der Waals surface area contributed by atoms with E-state index in [1.54, 1.807) is 12.1 Å². The monoisotopic (exact) mass is 487 g/mol. The summed E-state index contributed by atoms with van der Waals surface area (Å²) in [5, 5.41) is 8.37. The number of fused-ring (bicyclic) bond motifs is 1. The van der Waals surface area contributed by atoms with Crippen molar-refractivity contribution < 1.29 is 19.1 Å². The summed E-state index contributed by atoms with van der Waals surface area (Å²) in [7, 11) is 0. The quantitative estimate of drug-likeness (QED) is 0.611. The van der Waals surface area contributed by atoms with E-state index in [0.29, 0.717) is 48.9 Å². The highest BCUT2D eigenvalue weighted by Crippen LogP contribution is 2.38. The molecule has 2 aliphatic heterocycles. The molecule has 34 heavy (non-hydrogen) atoms. The zero-order chi connectivity index (χ0) is 24.5. The molecule has 2 aliphatic rings. The summed E-state index contributed by atoms with van der Waals surface area (Å²) >= 11 is 6.21. The van der Waals surface area contributed by atoms with Gasteiger partial charge in [0.05, 0.1) is 34.1 Å². The Morgan fingerprint density at radius 3 is 2.76 bits per heavy atom. The Bertz CT molecular complexity index is 1090. The number of ether oxygens (including phenoxy) is 2. The average molecular weight is 488 g/mol. The van der Waals surface area contributed by atoms with Crippen LogP contribution in [0.15, 0.2) is 18.2 Å². The fourth-order valence-electron chi connectivity index (χ4n) is 4.89. The molecule has 8 heteroatoms. The minimum atomic E-state index is -0.434. The van der Waals surface area contributed by atoms with Gasteiger partial charge in [-0.05, 0) is 50.2 Å². The van der Waals surface area contributed by atoms with Crippen LogP contribution in [0.5, 0.6) is 0 Å². The maximum absolute atomic E-state index is 13.0. The number of rotatable bonds is 6. The van der Waals surface area contributed by atoms with Crippen LogP contribution in [0.1, 0.15) is 71.3 Å².